The molecule has 2 aliphatic carbocycles. The smallest absolute Gasteiger partial charge is 0.0277 e. The lowest BCUT2D eigenvalue weighted by atomic mass is 9.76. The van der Waals surface area contributed by atoms with E-state index >= 15 is 0 Å². The van der Waals surface area contributed by atoms with Crippen LogP contribution in [0.4, 0.5) is 0 Å². The van der Waals surface area contributed by atoms with Gasteiger partial charge >= 0.3 is 0 Å². The number of nitrogens with two attached hydrogens (primary N) is 1. The summed E-state index contributed by atoms with van der Waals surface area (Å²) in [6.07, 6.45) is 5.52. The number of nitrogens with one attached hydrogen (secondary N) is 1. The van der Waals surface area contributed by atoms with Gasteiger partial charge in [-0.3, -0.25) is 11.3 Å². The third-order valence-electron chi connectivity index (χ3n) is 6.17. The van der Waals surface area contributed by atoms with E-state index in [0.29, 0.717) is 16.9 Å². The van der Waals surface area contributed by atoms with Crippen molar-refractivity contribution in [2.45, 2.75) is 66.3 Å². The summed E-state index contributed by atoms with van der Waals surface area (Å²) in [6.45, 7) is 12.0. The van der Waals surface area contributed by atoms with Gasteiger partial charge in [-0.1, -0.05) is 47.5 Å². The van der Waals surface area contributed by atoms with Crippen LogP contribution in [0.5, 0.6) is 0 Å². The highest BCUT2D eigenvalue weighted by molar-refractivity contribution is 5.17. The molecule has 3 atom stereocenters. The Kier molecular flexibility index (Phi) is 3.33. The van der Waals surface area contributed by atoms with Gasteiger partial charge < -0.3 is 0 Å². The minimum Gasteiger partial charge on any atom is -0.271 e. The monoisotopic (exact) mass is 238 g/mol. The molecule has 3 N–H and O–H groups in total. The summed E-state index contributed by atoms with van der Waals surface area (Å²) in [4.78, 5) is 0. The molecule has 0 amide bonds. The molecule has 2 saturated carbocycles. The summed E-state index contributed by atoms with van der Waals surface area (Å²) in [5, 5.41) is 0. The second kappa shape index (κ2) is 4.24. The Bertz CT molecular complexity index is 269. The average Bonchev–Trinajstić information content (AvgIpc) is 2.62. The van der Waals surface area contributed by atoms with Crippen LogP contribution in [0.2, 0.25) is 0 Å². The van der Waals surface area contributed by atoms with Crippen LogP contribution in [0.25, 0.3) is 0 Å². The molecule has 2 fully saturated rings. The summed E-state index contributed by atoms with van der Waals surface area (Å²) in [5.74, 6) is 8.28. The van der Waals surface area contributed by atoms with E-state index in [-0.39, 0.29) is 0 Å². The van der Waals surface area contributed by atoms with Gasteiger partial charge in [0.2, 0.25) is 0 Å². The van der Waals surface area contributed by atoms with Crippen LogP contribution >= 0.6 is 0 Å². The van der Waals surface area contributed by atoms with Gasteiger partial charge in [-0.25, -0.2) is 0 Å². The summed E-state index contributed by atoms with van der Waals surface area (Å²) < 4.78 is 0. The van der Waals surface area contributed by atoms with Crippen molar-refractivity contribution in [2.24, 2.45) is 34.4 Å². The number of rotatable bonds is 3. The summed E-state index contributed by atoms with van der Waals surface area (Å²) >= 11 is 0. The van der Waals surface area contributed by atoms with Crippen molar-refractivity contribution >= 4 is 0 Å². The van der Waals surface area contributed by atoms with Gasteiger partial charge in [-0.05, 0) is 41.4 Å². The molecule has 2 heteroatoms. The average molecular weight is 238 g/mol. The maximum atomic E-state index is 5.88. The molecule has 0 radical (unpaired) electrons. The van der Waals surface area contributed by atoms with Crippen LogP contribution < -0.4 is 11.3 Å². The first-order valence-electron chi connectivity index (χ1n) is 7.28. The molecular formula is C15H30N2. The van der Waals surface area contributed by atoms with E-state index in [2.05, 4.69) is 40.0 Å². The first-order valence-corrected chi connectivity index (χ1v) is 7.28. The highest BCUT2D eigenvalue weighted by Gasteiger charge is 2.67. The first-order chi connectivity index (χ1) is 7.82. The predicted octanol–water partition coefficient (Wildman–Crippen LogP) is 3.33. The molecule has 2 aliphatic rings. The molecule has 0 spiro atoms. The highest BCUT2D eigenvalue weighted by atomic mass is 15.2. The normalized spacial score (nSPS) is 37.8. The molecule has 0 aromatic heterocycles. The summed E-state index contributed by atoms with van der Waals surface area (Å²) in [7, 11) is 0. The van der Waals surface area contributed by atoms with E-state index < -0.39 is 0 Å². The van der Waals surface area contributed by atoms with E-state index in [0.717, 1.165) is 17.8 Å². The zero-order valence-electron chi connectivity index (χ0n) is 12.2. The van der Waals surface area contributed by atoms with Crippen molar-refractivity contribution in [3.8, 4) is 0 Å². The molecule has 0 bridgehead atoms. The van der Waals surface area contributed by atoms with Crippen LogP contribution in [0.15, 0.2) is 0 Å². The fourth-order valence-corrected chi connectivity index (χ4v) is 4.46. The Morgan fingerprint density at radius 3 is 2.12 bits per heavy atom. The van der Waals surface area contributed by atoms with Crippen molar-refractivity contribution in [3.63, 3.8) is 0 Å². The molecule has 0 aliphatic heterocycles. The lowest BCUT2D eigenvalue weighted by Gasteiger charge is -2.34. The minimum absolute atomic E-state index is 0.435. The lowest BCUT2D eigenvalue weighted by Crippen LogP contribution is -2.45. The SMILES string of the molecule is CC1CCCC(C(NN)C2C(C)(C)C2(C)C)C1. The van der Waals surface area contributed by atoms with Gasteiger partial charge in [0, 0.05) is 6.04 Å². The molecule has 2 nitrogen and oxygen atoms in total. The summed E-state index contributed by atoms with van der Waals surface area (Å²) in [6, 6.07) is 0.516. The second-order valence-corrected chi connectivity index (χ2v) is 7.65. The van der Waals surface area contributed by atoms with Gasteiger partial charge in [-0.2, -0.15) is 0 Å². The van der Waals surface area contributed by atoms with Gasteiger partial charge in [0.05, 0.1) is 0 Å². The standard InChI is InChI=1S/C15H30N2/c1-10-7-6-8-11(9-10)12(17-16)13-14(2,3)15(13,4)5/h10-13,17H,6-9,16H2,1-5H3. The van der Waals surface area contributed by atoms with E-state index in [9.17, 15) is 0 Å². The molecule has 0 heterocycles. The third-order valence-corrected chi connectivity index (χ3v) is 6.17. The Morgan fingerprint density at radius 2 is 1.71 bits per heavy atom. The molecule has 0 aromatic carbocycles. The Balaban J connectivity index is 2.08. The van der Waals surface area contributed by atoms with Crippen LogP contribution in [0.3, 0.4) is 0 Å². The first kappa shape index (κ1) is 13.4. The largest absolute Gasteiger partial charge is 0.271 e. The van der Waals surface area contributed by atoms with E-state index in [1.807, 2.05) is 0 Å². The number of hydrogen-bond acceptors (Lipinski definition) is 2. The Morgan fingerprint density at radius 1 is 1.12 bits per heavy atom. The number of hydrazine groups is 1. The highest BCUT2D eigenvalue weighted by Crippen LogP contribution is 2.70. The van der Waals surface area contributed by atoms with Crippen LogP contribution in [-0.4, -0.2) is 6.04 Å². The minimum atomic E-state index is 0.435. The summed E-state index contributed by atoms with van der Waals surface area (Å²) in [5.41, 5.74) is 4.04. The van der Waals surface area contributed by atoms with Gasteiger partial charge in [0.1, 0.15) is 0 Å². The maximum Gasteiger partial charge on any atom is 0.0277 e. The number of hydrogen-bond donors (Lipinski definition) is 2. The van der Waals surface area contributed by atoms with E-state index in [1.165, 1.54) is 25.7 Å². The van der Waals surface area contributed by atoms with Crippen molar-refractivity contribution < 1.29 is 0 Å². The molecule has 0 saturated heterocycles. The fraction of sp³-hybridized carbons (Fsp3) is 1.00. The topological polar surface area (TPSA) is 38.0 Å². The maximum absolute atomic E-state index is 5.88. The van der Waals surface area contributed by atoms with Crippen molar-refractivity contribution in [1.82, 2.24) is 5.43 Å². The van der Waals surface area contributed by atoms with Crippen molar-refractivity contribution in [3.05, 3.63) is 0 Å². The molecule has 0 aromatic rings. The zero-order valence-corrected chi connectivity index (χ0v) is 12.2. The van der Waals surface area contributed by atoms with E-state index in [1.54, 1.807) is 0 Å². The van der Waals surface area contributed by atoms with Crippen LogP contribution in [0, 0.1) is 28.6 Å². The molecule has 3 unspecified atom stereocenters. The molecular weight excluding hydrogens is 208 g/mol. The van der Waals surface area contributed by atoms with Crippen molar-refractivity contribution in [1.29, 1.82) is 0 Å². The molecule has 2 rings (SSSR count). The van der Waals surface area contributed by atoms with Crippen molar-refractivity contribution in [2.75, 3.05) is 0 Å². The van der Waals surface area contributed by atoms with Gasteiger partial charge in [-0.15, -0.1) is 0 Å². The molecule has 17 heavy (non-hydrogen) atoms. The zero-order chi connectivity index (χ0) is 12.8. The van der Waals surface area contributed by atoms with Crippen LogP contribution in [0.1, 0.15) is 60.3 Å². The molecule has 100 valence electrons. The predicted molar refractivity (Wildman–Crippen MR) is 73.3 cm³/mol. The van der Waals surface area contributed by atoms with Crippen LogP contribution in [-0.2, 0) is 0 Å². The fourth-order valence-electron chi connectivity index (χ4n) is 4.46. The van der Waals surface area contributed by atoms with Gasteiger partial charge in [0.15, 0.2) is 0 Å². The van der Waals surface area contributed by atoms with Gasteiger partial charge in [0.25, 0.3) is 0 Å². The van der Waals surface area contributed by atoms with E-state index in [4.69, 9.17) is 5.84 Å². The Hall–Kier alpha value is -0.0800. The Labute approximate surface area is 107 Å². The quantitative estimate of drug-likeness (QED) is 0.584. The second-order valence-electron chi connectivity index (χ2n) is 7.65. The third kappa shape index (κ3) is 2.04. The lowest BCUT2D eigenvalue weighted by molar-refractivity contribution is 0.192.